The van der Waals surface area contributed by atoms with Gasteiger partial charge in [0.05, 0.1) is 40.9 Å². The summed E-state index contributed by atoms with van der Waals surface area (Å²) in [4.78, 5) is 21.2. The standard InChI is InChI=1S/C18H20N4O2S/c1-12-18(25-11-21-12)17-16(14-5-4-6-15(9-14)24-3)20-10-22(17)8-7-19-13(2)23/h4-6,9-11H,7-8H2,1-3H3,(H,19,23). The number of thiazole rings is 1. The van der Waals surface area contributed by atoms with Gasteiger partial charge in [-0.1, -0.05) is 12.1 Å². The number of aromatic nitrogens is 3. The van der Waals surface area contributed by atoms with Gasteiger partial charge in [0.2, 0.25) is 5.91 Å². The molecular formula is C18H20N4O2S. The lowest BCUT2D eigenvalue weighted by atomic mass is 10.1. The Hall–Kier alpha value is -2.67. The van der Waals surface area contributed by atoms with E-state index in [1.807, 2.05) is 43.0 Å². The minimum Gasteiger partial charge on any atom is -0.497 e. The summed E-state index contributed by atoms with van der Waals surface area (Å²) in [5.74, 6) is 0.751. The first-order valence-electron chi connectivity index (χ1n) is 7.94. The van der Waals surface area contributed by atoms with E-state index in [0.29, 0.717) is 13.1 Å². The SMILES string of the molecule is COc1cccc(-c2ncn(CCNC(C)=O)c2-c2scnc2C)c1. The van der Waals surface area contributed by atoms with Crippen LogP contribution in [0.4, 0.5) is 0 Å². The molecule has 0 aliphatic carbocycles. The highest BCUT2D eigenvalue weighted by Crippen LogP contribution is 2.36. The number of hydrogen-bond donors (Lipinski definition) is 1. The Labute approximate surface area is 150 Å². The van der Waals surface area contributed by atoms with E-state index in [-0.39, 0.29) is 5.91 Å². The quantitative estimate of drug-likeness (QED) is 0.737. The fraction of sp³-hybridized carbons (Fsp3) is 0.278. The zero-order chi connectivity index (χ0) is 17.8. The summed E-state index contributed by atoms with van der Waals surface area (Å²) in [7, 11) is 1.65. The summed E-state index contributed by atoms with van der Waals surface area (Å²) in [6.07, 6.45) is 1.81. The topological polar surface area (TPSA) is 69.0 Å². The largest absolute Gasteiger partial charge is 0.497 e. The minimum absolute atomic E-state index is 0.0383. The van der Waals surface area contributed by atoms with Gasteiger partial charge in [0.25, 0.3) is 0 Å². The number of carbonyl (C=O) groups is 1. The molecule has 0 aliphatic rings. The Kier molecular flexibility index (Phi) is 5.14. The molecule has 0 radical (unpaired) electrons. The van der Waals surface area contributed by atoms with Crippen LogP contribution in [-0.2, 0) is 11.3 Å². The monoisotopic (exact) mass is 356 g/mol. The van der Waals surface area contributed by atoms with E-state index >= 15 is 0 Å². The molecule has 1 aromatic carbocycles. The van der Waals surface area contributed by atoms with Crippen LogP contribution < -0.4 is 10.1 Å². The highest BCUT2D eigenvalue weighted by molar-refractivity contribution is 7.13. The molecule has 25 heavy (non-hydrogen) atoms. The summed E-state index contributed by atoms with van der Waals surface area (Å²) >= 11 is 1.59. The van der Waals surface area contributed by atoms with E-state index < -0.39 is 0 Å². The van der Waals surface area contributed by atoms with Gasteiger partial charge >= 0.3 is 0 Å². The summed E-state index contributed by atoms with van der Waals surface area (Å²) in [5, 5.41) is 2.83. The van der Waals surface area contributed by atoms with E-state index in [2.05, 4.69) is 19.9 Å². The first-order valence-corrected chi connectivity index (χ1v) is 8.82. The maximum atomic E-state index is 11.1. The molecule has 130 valence electrons. The molecule has 3 rings (SSSR count). The lowest BCUT2D eigenvalue weighted by Gasteiger charge is -2.10. The van der Waals surface area contributed by atoms with Crippen molar-refractivity contribution in [2.24, 2.45) is 0 Å². The van der Waals surface area contributed by atoms with Crippen molar-refractivity contribution in [3.8, 4) is 27.6 Å². The zero-order valence-electron chi connectivity index (χ0n) is 14.4. The Bertz CT molecular complexity index is 885. The van der Waals surface area contributed by atoms with Crippen molar-refractivity contribution < 1.29 is 9.53 Å². The molecule has 0 atom stereocenters. The number of imidazole rings is 1. The number of amides is 1. The molecule has 0 aliphatic heterocycles. The van der Waals surface area contributed by atoms with Crippen LogP contribution in [0.25, 0.3) is 21.8 Å². The maximum Gasteiger partial charge on any atom is 0.216 e. The normalized spacial score (nSPS) is 10.7. The molecular weight excluding hydrogens is 336 g/mol. The first kappa shape index (κ1) is 17.2. The number of nitrogens with zero attached hydrogens (tertiary/aromatic N) is 3. The van der Waals surface area contributed by atoms with Gasteiger partial charge in [-0.25, -0.2) is 9.97 Å². The van der Waals surface area contributed by atoms with Gasteiger partial charge in [-0.3, -0.25) is 4.79 Å². The fourth-order valence-corrected chi connectivity index (χ4v) is 3.52. The molecule has 3 aromatic rings. The van der Waals surface area contributed by atoms with Gasteiger partial charge in [-0.2, -0.15) is 0 Å². The number of aryl methyl sites for hydroxylation is 1. The van der Waals surface area contributed by atoms with Crippen molar-refractivity contribution in [1.82, 2.24) is 19.9 Å². The predicted octanol–water partition coefficient (Wildman–Crippen LogP) is 3.13. The van der Waals surface area contributed by atoms with Crippen LogP contribution in [0.15, 0.2) is 36.1 Å². The highest BCUT2D eigenvalue weighted by Gasteiger charge is 2.18. The molecule has 0 saturated heterocycles. The van der Waals surface area contributed by atoms with Crippen molar-refractivity contribution in [3.05, 3.63) is 41.8 Å². The second-order valence-electron chi connectivity index (χ2n) is 5.62. The Morgan fingerprint density at radius 1 is 1.36 bits per heavy atom. The molecule has 1 N–H and O–H groups in total. The highest BCUT2D eigenvalue weighted by atomic mass is 32.1. The number of nitrogens with one attached hydrogen (secondary N) is 1. The van der Waals surface area contributed by atoms with Crippen molar-refractivity contribution in [1.29, 1.82) is 0 Å². The van der Waals surface area contributed by atoms with Crippen LogP contribution in [0.5, 0.6) is 5.75 Å². The van der Waals surface area contributed by atoms with Gasteiger partial charge in [0.15, 0.2) is 0 Å². The van der Waals surface area contributed by atoms with E-state index in [1.165, 1.54) is 6.92 Å². The summed E-state index contributed by atoms with van der Waals surface area (Å²) < 4.78 is 7.40. The van der Waals surface area contributed by atoms with E-state index in [1.54, 1.807) is 18.4 Å². The lowest BCUT2D eigenvalue weighted by Crippen LogP contribution is -2.24. The molecule has 0 bridgehead atoms. The summed E-state index contributed by atoms with van der Waals surface area (Å²) in [6, 6.07) is 7.85. The van der Waals surface area contributed by atoms with Crippen molar-refractivity contribution >= 4 is 17.2 Å². The minimum atomic E-state index is -0.0383. The molecule has 0 spiro atoms. The number of hydrogen-bond acceptors (Lipinski definition) is 5. The van der Waals surface area contributed by atoms with E-state index in [0.717, 1.165) is 33.3 Å². The number of methoxy groups -OCH3 is 1. The van der Waals surface area contributed by atoms with Crippen molar-refractivity contribution in [3.63, 3.8) is 0 Å². The third-order valence-corrected chi connectivity index (χ3v) is 4.80. The molecule has 7 heteroatoms. The van der Waals surface area contributed by atoms with Gasteiger partial charge in [-0.05, 0) is 19.1 Å². The summed E-state index contributed by atoms with van der Waals surface area (Å²) in [5.41, 5.74) is 5.69. The summed E-state index contributed by atoms with van der Waals surface area (Å²) in [6.45, 7) is 4.70. The smallest absolute Gasteiger partial charge is 0.216 e. The third kappa shape index (κ3) is 3.71. The Balaban J connectivity index is 2.04. The van der Waals surface area contributed by atoms with Crippen LogP contribution >= 0.6 is 11.3 Å². The average Bonchev–Trinajstić information content (AvgIpc) is 3.20. The van der Waals surface area contributed by atoms with Crippen LogP contribution in [0.1, 0.15) is 12.6 Å². The van der Waals surface area contributed by atoms with Crippen LogP contribution in [0.2, 0.25) is 0 Å². The third-order valence-electron chi connectivity index (χ3n) is 3.87. The van der Waals surface area contributed by atoms with Crippen molar-refractivity contribution in [2.45, 2.75) is 20.4 Å². The lowest BCUT2D eigenvalue weighted by molar-refractivity contribution is -0.118. The fourth-order valence-electron chi connectivity index (χ4n) is 2.65. The number of rotatable bonds is 6. The van der Waals surface area contributed by atoms with Crippen LogP contribution in [0, 0.1) is 6.92 Å². The average molecular weight is 356 g/mol. The first-order chi connectivity index (χ1) is 12.1. The second kappa shape index (κ2) is 7.48. The van der Waals surface area contributed by atoms with E-state index in [4.69, 9.17) is 4.74 Å². The molecule has 1 amide bonds. The molecule has 2 aromatic heterocycles. The number of ether oxygens (including phenoxy) is 1. The molecule has 0 unspecified atom stereocenters. The second-order valence-corrected chi connectivity index (χ2v) is 6.47. The van der Waals surface area contributed by atoms with Gasteiger partial charge in [0, 0.05) is 25.6 Å². The number of carbonyl (C=O) groups excluding carboxylic acids is 1. The van der Waals surface area contributed by atoms with Gasteiger partial charge in [0.1, 0.15) is 5.75 Å². The molecule has 6 nitrogen and oxygen atoms in total. The number of benzene rings is 1. The van der Waals surface area contributed by atoms with Crippen LogP contribution in [0.3, 0.4) is 0 Å². The molecule has 0 saturated carbocycles. The zero-order valence-corrected chi connectivity index (χ0v) is 15.3. The van der Waals surface area contributed by atoms with Gasteiger partial charge < -0.3 is 14.6 Å². The Morgan fingerprint density at radius 2 is 2.20 bits per heavy atom. The van der Waals surface area contributed by atoms with Gasteiger partial charge in [-0.15, -0.1) is 11.3 Å². The van der Waals surface area contributed by atoms with Crippen LogP contribution in [-0.4, -0.2) is 34.1 Å². The molecule has 0 fully saturated rings. The predicted molar refractivity (Wildman–Crippen MR) is 98.7 cm³/mol. The molecule has 2 heterocycles. The Morgan fingerprint density at radius 3 is 2.88 bits per heavy atom. The maximum absolute atomic E-state index is 11.1. The van der Waals surface area contributed by atoms with E-state index in [9.17, 15) is 4.79 Å². The van der Waals surface area contributed by atoms with Crippen molar-refractivity contribution in [2.75, 3.05) is 13.7 Å².